The second-order valence-corrected chi connectivity index (χ2v) is 4.10. The smallest absolute Gasteiger partial charge is 0.0468 e. The van der Waals surface area contributed by atoms with Gasteiger partial charge in [-0.15, -0.1) is 0 Å². The minimum absolute atomic E-state index is 0.565. The Labute approximate surface area is 79.5 Å². The number of methoxy groups -OCH3 is 1. The van der Waals surface area contributed by atoms with Crippen molar-refractivity contribution in [1.29, 1.82) is 0 Å². The molecule has 0 saturated heterocycles. The predicted molar refractivity (Wildman–Crippen MR) is 52.6 cm³/mol. The molecule has 13 heavy (non-hydrogen) atoms. The highest BCUT2D eigenvalue weighted by atomic mass is 16.5. The van der Waals surface area contributed by atoms with Crippen molar-refractivity contribution in [2.24, 2.45) is 5.41 Å². The van der Waals surface area contributed by atoms with Crippen LogP contribution < -0.4 is 0 Å². The van der Waals surface area contributed by atoms with Crippen molar-refractivity contribution >= 4 is 0 Å². The molecule has 1 aromatic heterocycles. The number of ether oxygens (including phenoxy) is 1. The van der Waals surface area contributed by atoms with Crippen molar-refractivity contribution in [2.75, 3.05) is 13.7 Å². The summed E-state index contributed by atoms with van der Waals surface area (Å²) in [7, 11) is 1.78. The van der Waals surface area contributed by atoms with Crippen LogP contribution in [0.15, 0.2) is 24.5 Å². The van der Waals surface area contributed by atoms with Gasteiger partial charge in [0.25, 0.3) is 0 Å². The van der Waals surface area contributed by atoms with Crippen LogP contribution in [0, 0.1) is 5.41 Å². The molecular formula is C11H17NO. The van der Waals surface area contributed by atoms with E-state index in [4.69, 9.17) is 4.74 Å². The van der Waals surface area contributed by atoms with Crippen LogP contribution in [0.25, 0.3) is 0 Å². The summed E-state index contributed by atoms with van der Waals surface area (Å²) in [5.74, 6) is 0. The van der Waals surface area contributed by atoms with Crippen molar-refractivity contribution in [3.05, 3.63) is 24.5 Å². The highest BCUT2D eigenvalue weighted by Gasteiger charge is 2.41. The van der Waals surface area contributed by atoms with Gasteiger partial charge in [-0.1, -0.05) is 0 Å². The predicted octanol–water partition coefficient (Wildman–Crippen LogP) is 2.30. The second-order valence-electron chi connectivity index (χ2n) is 4.10. The summed E-state index contributed by atoms with van der Waals surface area (Å²) in [6, 6.07) is 4.18. The van der Waals surface area contributed by atoms with E-state index in [2.05, 4.69) is 29.1 Å². The fourth-order valence-corrected chi connectivity index (χ4v) is 1.85. The van der Waals surface area contributed by atoms with Crippen LogP contribution in [0.5, 0.6) is 0 Å². The molecule has 0 bridgehead atoms. The lowest BCUT2D eigenvalue weighted by molar-refractivity contribution is 0.167. The van der Waals surface area contributed by atoms with E-state index >= 15 is 0 Å². The number of rotatable bonds is 5. The maximum Gasteiger partial charge on any atom is 0.0468 e. The monoisotopic (exact) mass is 179 g/mol. The van der Waals surface area contributed by atoms with Gasteiger partial charge in [0.05, 0.1) is 0 Å². The zero-order valence-corrected chi connectivity index (χ0v) is 8.20. The topological polar surface area (TPSA) is 14.2 Å². The van der Waals surface area contributed by atoms with E-state index < -0.39 is 0 Å². The molecule has 1 heterocycles. The molecule has 1 saturated carbocycles. The first kappa shape index (κ1) is 8.82. The molecule has 1 aromatic rings. The molecule has 0 N–H and O–H groups in total. The van der Waals surface area contributed by atoms with E-state index in [0.717, 1.165) is 6.61 Å². The third kappa shape index (κ3) is 2.13. The van der Waals surface area contributed by atoms with E-state index in [9.17, 15) is 0 Å². The molecule has 0 spiro atoms. The molecule has 1 aliphatic rings. The first-order chi connectivity index (χ1) is 6.35. The Kier molecular flexibility index (Phi) is 2.40. The van der Waals surface area contributed by atoms with Gasteiger partial charge in [0.15, 0.2) is 0 Å². The summed E-state index contributed by atoms with van der Waals surface area (Å²) < 4.78 is 7.41. The molecule has 0 unspecified atom stereocenters. The van der Waals surface area contributed by atoms with Crippen molar-refractivity contribution in [1.82, 2.24) is 4.57 Å². The minimum Gasteiger partial charge on any atom is -0.385 e. The highest BCUT2D eigenvalue weighted by Crippen LogP contribution is 2.50. The molecule has 0 amide bonds. The summed E-state index contributed by atoms with van der Waals surface area (Å²) in [6.07, 6.45) is 8.24. The molecule has 1 aliphatic carbocycles. The maximum atomic E-state index is 5.13. The van der Waals surface area contributed by atoms with Crippen LogP contribution in [0.4, 0.5) is 0 Å². The summed E-state index contributed by atoms with van der Waals surface area (Å²) in [5.41, 5.74) is 0.565. The van der Waals surface area contributed by atoms with Crippen LogP contribution in [-0.4, -0.2) is 18.3 Å². The average Bonchev–Trinajstić information content (AvgIpc) is 2.69. The van der Waals surface area contributed by atoms with Gasteiger partial charge in [0.2, 0.25) is 0 Å². The third-order valence-corrected chi connectivity index (χ3v) is 2.98. The van der Waals surface area contributed by atoms with E-state index in [1.165, 1.54) is 25.8 Å². The Morgan fingerprint density at radius 1 is 1.31 bits per heavy atom. The van der Waals surface area contributed by atoms with Crippen LogP contribution >= 0.6 is 0 Å². The molecule has 0 aliphatic heterocycles. The van der Waals surface area contributed by atoms with Gasteiger partial charge in [-0.05, 0) is 36.8 Å². The molecule has 72 valence electrons. The Morgan fingerprint density at radius 3 is 2.54 bits per heavy atom. The Hall–Kier alpha value is -0.760. The highest BCUT2D eigenvalue weighted by molar-refractivity contribution is 4.97. The lowest BCUT2D eigenvalue weighted by Crippen LogP contribution is -2.12. The van der Waals surface area contributed by atoms with Crippen molar-refractivity contribution in [2.45, 2.75) is 25.8 Å². The minimum atomic E-state index is 0.565. The van der Waals surface area contributed by atoms with Gasteiger partial charge in [0.1, 0.15) is 0 Å². The van der Waals surface area contributed by atoms with Crippen molar-refractivity contribution in [3.63, 3.8) is 0 Å². The summed E-state index contributed by atoms with van der Waals surface area (Å²) >= 11 is 0. The molecule has 0 atom stereocenters. The number of hydrogen-bond donors (Lipinski definition) is 0. The number of hydrogen-bond acceptors (Lipinski definition) is 1. The van der Waals surface area contributed by atoms with Gasteiger partial charge in [-0.25, -0.2) is 0 Å². The lowest BCUT2D eigenvalue weighted by Gasteiger charge is -2.15. The van der Waals surface area contributed by atoms with E-state index in [1.54, 1.807) is 7.11 Å². The van der Waals surface area contributed by atoms with Crippen LogP contribution in [0.3, 0.4) is 0 Å². The number of nitrogens with zero attached hydrogens (tertiary/aromatic N) is 1. The molecule has 0 radical (unpaired) electrons. The molecular weight excluding hydrogens is 162 g/mol. The number of aromatic nitrogens is 1. The van der Waals surface area contributed by atoms with Crippen LogP contribution in [0.2, 0.25) is 0 Å². The van der Waals surface area contributed by atoms with E-state index in [1.807, 2.05) is 0 Å². The van der Waals surface area contributed by atoms with Gasteiger partial charge in [-0.2, -0.15) is 0 Å². The Morgan fingerprint density at radius 2 is 2.00 bits per heavy atom. The largest absolute Gasteiger partial charge is 0.385 e. The van der Waals surface area contributed by atoms with Crippen LogP contribution in [-0.2, 0) is 11.3 Å². The summed E-state index contributed by atoms with van der Waals surface area (Å²) in [6.45, 7) is 2.07. The van der Waals surface area contributed by atoms with Crippen molar-refractivity contribution in [3.8, 4) is 0 Å². The van der Waals surface area contributed by atoms with Gasteiger partial charge in [0, 0.05) is 32.7 Å². The first-order valence-electron chi connectivity index (χ1n) is 4.94. The molecule has 1 fully saturated rings. The van der Waals surface area contributed by atoms with Crippen LogP contribution in [0.1, 0.15) is 19.3 Å². The van der Waals surface area contributed by atoms with E-state index in [0.29, 0.717) is 5.41 Å². The summed E-state index contributed by atoms with van der Waals surface area (Å²) in [4.78, 5) is 0. The lowest BCUT2D eigenvalue weighted by atomic mass is 10.0. The fraction of sp³-hybridized carbons (Fsp3) is 0.636. The normalized spacial score (nSPS) is 18.8. The summed E-state index contributed by atoms with van der Waals surface area (Å²) in [5, 5.41) is 0. The fourth-order valence-electron chi connectivity index (χ4n) is 1.85. The maximum absolute atomic E-state index is 5.13. The molecule has 2 rings (SSSR count). The first-order valence-corrected chi connectivity index (χ1v) is 4.94. The van der Waals surface area contributed by atoms with Gasteiger partial charge < -0.3 is 9.30 Å². The molecule has 2 nitrogen and oxygen atoms in total. The van der Waals surface area contributed by atoms with Crippen molar-refractivity contribution < 1.29 is 4.74 Å². The standard InChI is InChI=1S/C11H17NO/c1-13-9-6-11(4-5-11)10-12-7-2-3-8-12/h2-3,7-8H,4-6,9-10H2,1H3. The van der Waals surface area contributed by atoms with Gasteiger partial charge in [-0.3, -0.25) is 0 Å². The average molecular weight is 179 g/mol. The zero-order valence-electron chi connectivity index (χ0n) is 8.20. The van der Waals surface area contributed by atoms with Gasteiger partial charge >= 0.3 is 0 Å². The molecule has 0 aromatic carbocycles. The third-order valence-electron chi connectivity index (χ3n) is 2.98. The SMILES string of the molecule is COCCC1(Cn2cccc2)CC1. The quantitative estimate of drug-likeness (QED) is 0.676. The Bertz CT molecular complexity index is 249. The zero-order chi connectivity index (χ0) is 9.15. The Balaban J connectivity index is 1.87. The van der Waals surface area contributed by atoms with E-state index in [-0.39, 0.29) is 0 Å². The molecule has 2 heteroatoms. The second kappa shape index (κ2) is 3.54.